The van der Waals surface area contributed by atoms with E-state index in [1.807, 2.05) is 30.3 Å². The van der Waals surface area contributed by atoms with Gasteiger partial charge in [-0.1, -0.05) is 59.8 Å². The number of nitrogens with zero attached hydrogens (tertiary/aromatic N) is 1. The standard InChI is InChI=1S/C23H28NO4Si/c1-22(2,3)28-21(27)24-20(26)19(15-25)14-23(24,29)13-16-9-11-18(12-10-16)17-7-5-4-6-8-17/h4-12,19,25H,13-15,29H2,1-3H3/q-1/t19?,23-/m0/s1. The molecule has 1 fully saturated rings. The molecule has 1 heterocycles. The monoisotopic (exact) mass is 410 g/mol. The van der Waals surface area contributed by atoms with Gasteiger partial charge in [0.25, 0.3) is 0 Å². The summed E-state index contributed by atoms with van der Waals surface area (Å²) in [5.74, 6) is -0.943. The van der Waals surface area contributed by atoms with E-state index in [4.69, 9.17) is 4.74 Å². The molecule has 0 spiro atoms. The van der Waals surface area contributed by atoms with E-state index in [0.717, 1.165) is 16.7 Å². The molecule has 2 aromatic rings. The SMILES string of the molecule is CC(C)(C)OC(=O)N1C(=O)C(CO)C[C@@]1([SiH2-])Cc1ccc(-c2ccccc2)cc1. The minimum atomic E-state index is -0.721. The highest BCUT2D eigenvalue weighted by atomic mass is 28.1. The van der Waals surface area contributed by atoms with Crippen LogP contribution in [0.5, 0.6) is 0 Å². The van der Waals surface area contributed by atoms with E-state index in [9.17, 15) is 14.7 Å². The summed E-state index contributed by atoms with van der Waals surface area (Å²) in [5.41, 5.74) is 2.58. The lowest BCUT2D eigenvalue weighted by Crippen LogP contribution is -2.52. The Kier molecular flexibility index (Phi) is 5.96. The summed E-state index contributed by atoms with van der Waals surface area (Å²) in [4.78, 5) is 26.8. The van der Waals surface area contributed by atoms with Gasteiger partial charge in [0, 0.05) is 0 Å². The van der Waals surface area contributed by atoms with Crippen molar-refractivity contribution in [1.82, 2.24) is 4.90 Å². The van der Waals surface area contributed by atoms with E-state index in [1.165, 1.54) is 4.90 Å². The molecular weight excluding hydrogens is 382 g/mol. The predicted molar refractivity (Wildman–Crippen MR) is 115 cm³/mol. The summed E-state index contributed by atoms with van der Waals surface area (Å²) < 4.78 is 5.48. The number of rotatable bonds is 4. The maximum Gasteiger partial charge on any atom is 0.414 e. The molecule has 0 bridgehead atoms. The Bertz CT molecular complexity index is 876. The Labute approximate surface area is 175 Å². The van der Waals surface area contributed by atoms with E-state index >= 15 is 0 Å². The van der Waals surface area contributed by atoms with Crippen molar-refractivity contribution in [2.24, 2.45) is 5.92 Å². The highest BCUT2D eigenvalue weighted by Gasteiger charge is 2.47. The molecule has 29 heavy (non-hydrogen) atoms. The molecule has 0 saturated carbocycles. The lowest BCUT2D eigenvalue weighted by atomic mass is 9.97. The molecule has 2 aromatic carbocycles. The molecule has 0 aromatic heterocycles. The van der Waals surface area contributed by atoms with E-state index in [2.05, 4.69) is 24.3 Å². The van der Waals surface area contributed by atoms with Crippen molar-refractivity contribution in [2.45, 2.75) is 44.4 Å². The molecule has 6 heteroatoms. The predicted octanol–water partition coefficient (Wildman–Crippen LogP) is 3.00. The van der Waals surface area contributed by atoms with Gasteiger partial charge in [-0.25, -0.2) is 4.79 Å². The van der Waals surface area contributed by atoms with Crippen molar-refractivity contribution >= 4 is 22.2 Å². The van der Waals surface area contributed by atoms with Gasteiger partial charge in [0.05, 0.1) is 12.5 Å². The summed E-state index contributed by atoms with van der Waals surface area (Å²) in [7, 11) is 1.63. The van der Waals surface area contributed by atoms with Crippen LogP contribution in [0.2, 0.25) is 0 Å². The van der Waals surface area contributed by atoms with Gasteiger partial charge in [-0.15, -0.1) is 0 Å². The molecule has 1 saturated heterocycles. The van der Waals surface area contributed by atoms with E-state index in [0.29, 0.717) is 12.8 Å². The number of ether oxygens (including phenoxy) is 1. The number of hydrogen-bond acceptors (Lipinski definition) is 4. The van der Waals surface area contributed by atoms with Crippen LogP contribution < -0.4 is 0 Å². The largest absolute Gasteiger partial charge is 0.443 e. The number of amides is 2. The first-order chi connectivity index (χ1) is 13.6. The Morgan fingerprint density at radius 3 is 2.28 bits per heavy atom. The number of imide groups is 1. The van der Waals surface area contributed by atoms with Crippen molar-refractivity contribution in [2.75, 3.05) is 6.61 Å². The maximum absolute atomic E-state index is 12.8. The molecule has 154 valence electrons. The maximum atomic E-state index is 12.8. The van der Waals surface area contributed by atoms with Crippen molar-refractivity contribution < 1.29 is 19.4 Å². The number of carbonyl (C=O) groups is 2. The molecular formula is C23H28NO4Si-. The summed E-state index contributed by atoms with van der Waals surface area (Å²) >= 11 is 0. The first-order valence-corrected chi connectivity index (χ1v) is 10.5. The van der Waals surface area contributed by atoms with Gasteiger partial charge in [0.2, 0.25) is 5.91 Å². The number of aliphatic hydroxyl groups is 1. The molecule has 3 rings (SSSR count). The number of hydrogen-bond donors (Lipinski definition) is 1. The third-order valence-electron chi connectivity index (χ3n) is 5.06. The highest BCUT2D eigenvalue weighted by molar-refractivity contribution is 6.20. The van der Waals surface area contributed by atoms with Crippen LogP contribution in [0.4, 0.5) is 4.79 Å². The molecule has 5 nitrogen and oxygen atoms in total. The van der Waals surface area contributed by atoms with Crippen LogP contribution in [0, 0.1) is 5.92 Å². The summed E-state index contributed by atoms with van der Waals surface area (Å²) in [6, 6.07) is 18.3. The fourth-order valence-corrected chi connectivity index (χ4v) is 4.69. The minimum Gasteiger partial charge on any atom is -0.443 e. The van der Waals surface area contributed by atoms with Crippen LogP contribution in [0.15, 0.2) is 54.6 Å². The molecule has 0 radical (unpaired) electrons. The van der Waals surface area contributed by atoms with Gasteiger partial charge >= 0.3 is 6.09 Å². The van der Waals surface area contributed by atoms with Crippen LogP contribution >= 0.6 is 0 Å². The van der Waals surface area contributed by atoms with Crippen LogP contribution in [0.3, 0.4) is 0 Å². The fourth-order valence-electron chi connectivity index (χ4n) is 3.76. The van der Waals surface area contributed by atoms with Gasteiger partial charge in [-0.2, -0.15) is 0 Å². The molecule has 0 aliphatic carbocycles. The average molecular weight is 411 g/mol. The third-order valence-corrected chi connectivity index (χ3v) is 5.92. The lowest BCUT2D eigenvalue weighted by molar-refractivity contribution is -0.132. The highest BCUT2D eigenvalue weighted by Crippen LogP contribution is 2.36. The molecule has 1 unspecified atom stereocenters. The Morgan fingerprint density at radius 2 is 1.72 bits per heavy atom. The van der Waals surface area contributed by atoms with Gasteiger partial charge in [0.15, 0.2) is 0 Å². The normalized spacial score (nSPS) is 22.0. The fraction of sp³-hybridized carbons (Fsp3) is 0.391. The Morgan fingerprint density at radius 1 is 1.14 bits per heavy atom. The quantitative estimate of drug-likeness (QED) is 0.787. The van der Waals surface area contributed by atoms with Crippen molar-refractivity contribution in [3.05, 3.63) is 60.2 Å². The second-order valence-corrected chi connectivity index (χ2v) is 10.0. The number of likely N-dealkylation sites (tertiary alicyclic amines) is 1. The lowest BCUT2D eigenvalue weighted by Gasteiger charge is -2.41. The molecule has 2 amide bonds. The van der Waals surface area contributed by atoms with E-state index in [-0.39, 0.29) is 12.5 Å². The first-order valence-electron chi connectivity index (χ1n) is 9.80. The average Bonchev–Trinajstić information content (AvgIpc) is 2.91. The minimum absolute atomic E-state index is 0.273. The van der Waals surface area contributed by atoms with Crippen molar-refractivity contribution in [1.29, 1.82) is 0 Å². The summed E-state index contributed by atoms with van der Waals surface area (Å²) in [5, 5.41) is 8.91. The zero-order valence-electron chi connectivity index (χ0n) is 17.2. The van der Waals surface area contributed by atoms with Gasteiger partial charge in [-0.3, -0.25) is 19.9 Å². The van der Waals surface area contributed by atoms with E-state index in [1.54, 1.807) is 31.0 Å². The van der Waals surface area contributed by atoms with Gasteiger partial charge in [0.1, 0.15) is 5.60 Å². The Hall–Kier alpha value is -2.44. The molecule has 1 N–H and O–H groups in total. The first kappa shape index (κ1) is 21.3. The molecule has 1 aliphatic rings. The second kappa shape index (κ2) is 8.12. The molecule has 2 atom stereocenters. The zero-order chi connectivity index (χ0) is 21.2. The zero-order valence-corrected chi connectivity index (χ0v) is 18.6. The Balaban J connectivity index is 1.84. The topological polar surface area (TPSA) is 66.8 Å². The van der Waals surface area contributed by atoms with Crippen molar-refractivity contribution in [3.63, 3.8) is 0 Å². The van der Waals surface area contributed by atoms with Crippen molar-refractivity contribution in [3.8, 4) is 11.1 Å². The van der Waals surface area contributed by atoms with Crippen LogP contribution in [0.25, 0.3) is 11.1 Å². The second-order valence-electron chi connectivity index (χ2n) is 8.70. The van der Waals surface area contributed by atoms with E-state index < -0.39 is 22.8 Å². The number of benzene rings is 2. The van der Waals surface area contributed by atoms with Crippen LogP contribution in [0.1, 0.15) is 32.8 Å². The number of aliphatic hydroxyl groups excluding tert-OH is 1. The number of carbonyl (C=O) groups excluding carboxylic acids is 2. The van der Waals surface area contributed by atoms with Crippen LogP contribution in [-0.4, -0.2) is 49.6 Å². The summed E-state index contributed by atoms with van der Waals surface area (Å²) in [6.45, 7) is 5.05. The molecule has 1 aliphatic heterocycles. The third kappa shape index (κ3) is 4.76. The van der Waals surface area contributed by atoms with Gasteiger partial charge in [-0.05, 0) is 50.3 Å². The summed E-state index contributed by atoms with van der Waals surface area (Å²) in [6.07, 6.45) is 0.289. The smallest absolute Gasteiger partial charge is 0.414 e. The van der Waals surface area contributed by atoms with Crippen LogP contribution in [-0.2, 0) is 16.0 Å². The van der Waals surface area contributed by atoms with Gasteiger partial charge < -0.3 is 9.84 Å².